The van der Waals surface area contributed by atoms with Gasteiger partial charge in [0.15, 0.2) is 0 Å². The molecule has 2 aliphatic heterocycles. The molecule has 0 saturated carbocycles. The van der Waals surface area contributed by atoms with Crippen molar-refractivity contribution in [3.05, 3.63) is 53.7 Å². The number of hydrogen-bond acceptors (Lipinski definition) is 3. The van der Waals surface area contributed by atoms with E-state index in [0.29, 0.717) is 6.04 Å². The lowest BCUT2D eigenvalue weighted by Gasteiger charge is -2.39. The molecule has 1 fully saturated rings. The van der Waals surface area contributed by atoms with Gasteiger partial charge in [0.25, 0.3) is 0 Å². The second-order valence-electron chi connectivity index (χ2n) is 7.50. The standard InChI is InChI=1S/C22H27N3O/c1-17(26)25-14-5-4-10-22(25)19-8-6-13-24(15-19)16-20-12-11-18-7-2-3-9-21(18)23-20/h2-3,7-9,11-12,22H,4-6,10,13-16H2,1H3. The third-order valence-corrected chi connectivity index (χ3v) is 5.64. The van der Waals surface area contributed by atoms with E-state index >= 15 is 0 Å². The molecule has 0 aliphatic carbocycles. The molecule has 0 bridgehead atoms. The molecule has 26 heavy (non-hydrogen) atoms. The Morgan fingerprint density at radius 1 is 1.15 bits per heavy atom. The van der Waals surface area contributed by atoms with Crippen LogP contribution in [0, 0.1) is 0 Å². The Morgan fingerprint density at radius 2 is 2.04 bits per heavy atom. The number of likely N-dealkylation sites (tertiary alicyclic amines) is 1. The van der Waals surface area contributed by atoms with Crippen molar-refractivity contribution in [1.29, 1.82) is 0 Å². The second kappa shape index (κ2) is 7.58. The maximum Gasteiger partial charge on any atom is 0.219 e. The van der Waals surface area contributed by atoms with Crippen LogP contribution in [-0.2, 0) is 11.3 Å². The number of carbonyl (C=O) groups is 1. The van der Waals surface area contributed by atoms with Crippen LogP contribution >= 0.6 is 0 Å². The Morgan fingerprint density at radius 3 is 2.92 bits per heavy atom. The molecule has 1 amide bonds. The summed E-state index contributed by atoms with van der Waals surface area (Å²) in [5, 5.41) is 1.19. The smallest absolute Gasteiger partial charge is 0.219 e. The molecule has 1 atom stereocenters. The van der Waals surface area contributed by atoms with Gasteiger partial charge in [-0.2, -0.15) is 0 Å². The van der Waals surface area contributed by atoms with Gasteiger partial charge in [0.2, 0.25) is 5.91 Å². The van der Waals surface area contributed by atoms with E-state index in [1.165, 1.54) is 17.4 Å². The number of fused-ring (bicyclic) bond motifs is 1. The molecule has 2 aliphatic rings. The highest BCUT2D eigenvalue weighted by molar-refractivity contribution is 5.78. The summed E-state index contributed by atoms with van der Waals surface area (Å²) in [4.78, 5) is 21.4. The molecule has 1 aromatic heterocycles. The number of benzene rings is 1. The van der Waals surface area contributed by atoms with Gasteiger partial charge in [0.05, 0.1) is 17.3 Å². The monoisotopic (exact) mass is 349 g/mol. The fraction of sp³-hybridized carbons (Fsp3) is 0.455. The minimum Gasteiger partial charge on any atom is -0.336 e. The summed E-state index contributed by atoms with van der Waals surface area (Å²) in [6.07, 6.45) is 6.89. The molecular formula is C22H27N3O. The number of amides is 1. The van der Waals surface area contributed by atoms with Gasteiger partial charge in [-0.05, 0) is 43.4 Å². The molecule has 0 N–H and O–H groups in total. The molecule has 3 heterocycles. The third-order valence-electron chi connectivity index (χ3n) is 5.64. The van der Waals surface area contributed by atoms with E-state index in [-0.39, 0.29) is 5.91 Å². The largest absolute Gasteiger partial charge is 0.336 e. The van der Waals surface area contributed by atoms with Crippen molar-refractivity contribution in [2.45, 2.75) is 45.2 Å². The topological polar surface area (TPSA) is 36.4 Å². The zero-order chi connectivity index (χ0) is 17.9. The normalized spacial score (nSPS) is 21.7. The highest BCUT2D eigenvalue weighted by Crippen LogP contribution is 2.27. The van der Waals surface area contributed by atoms with Gasteiger partial charge in [0, 0.05) is 38.5 Å². The van der Waals surface area contributed by atoms with E-state index in [1.54, 1.807) is 6.92 Å². The molecule has 0 spiro atoms. The Bertz CT molecular complexity index is 829. The van der Waals surface area contributed by atoms with Crippen molar-refractivity contribution in [3.63, 3.8) is 0 Å². The van der Waals surface area contributed by atoms with E-state index in [2.05, 4.69) is 46.2 Å². The van der Waals surface area contributed by atoms with E-state index in [0.717, 1.165) is 56.7 Å². The maximum atomic E-state index is 12.0. The first kappa shape index (κ1) is 17.2. The number of aromatic nitrogens is 1. The first-order valence-corrected chi connectivity index (χ1v) is 9.74. The summed E-state index contributed by atoms with van der Waals surface area (Å²) in [6.45, 7) is 5.49. The number of hydrogen-bond donors (Lipinski definition) is 0. The fourth-order valence-electron chi connectivity index (χ4n) is 4.33. The zero-order valence-corrected chi connectivity index (χ0v) is 15.5. The number of piperidine rings is 1. The Hall–Kier alpha value is -2.20. The number of para-hydroxylation sites is 1. The molecular weight excluding hydrogens is 322 g/mol. The fourth-order valence-corrected chi connectivity index (χ4v) is 4.33. The average molecular weight is 349 g/mol. The van der Waals surface area contributed by atoms with Gasteiger partial charge in [-0.15, -0.1) is 0 Å². The highest BCUT2D eigenvalue weighted by Gasteiger charge is 2.29. The minimum absolute atomic E-state index is 0.212. The second-order valence-corrected chi connectivity index (χ2v) is 7.50. The summed E-state index contributed by atoms with van der Waals surface area (Å²) in [6, 6.07) is 12.9. The van der Waals surface area contributed by atoms with Crippen LogP contribution in [0.25, 0.3) is 10.9 Å². The lowest BCUT2D eigenvalue weighted by atomic mass is 9.92. The van der Waals surface area contributed by atoms with E-state index in [4.69, 9.17) is 4.98 Å². The quantitative estimate of drug-likeness (QED) is 0.792. The van der Waals surface area contributed by atoms with Gasteiger partial charge in [-0.25, -0.2) is 0 Å². The van der Waals surface area contributed by atoms with Crippen molar-refractivity contribution >= 4 is 16.8 Å². The van der Waals surface area contributed by atoms with Crippen LogP contribution in [0.5, 0.6) is 0 Å². The Kier molecular flexibility index (Phi) is 5.02. The first-order valence-electron chi connectivity index (χ1n) is 9.74. The van der Waals surface area contributed by atoms with E-state index in [1.807, 2.05) is 6.07 Å². The van der Waals surface area contributed by atoms with E-state index in [9.17, 15) is 4.79 Å². The number of carbonyl (C=O) groups excluding carboxylic acids is 1. The zero-order valence-electron chi connectivity index (χ0n) is 15.5. The molecule has 1 saturated heterocycles. The van der Waals surface area contributed by atoms with Crippen LogP contribution in [-0.4, -0.2) is 46.4 Å². The molecule has 4 rings (SSSR count). The average Bonchev–Trinajstić information content (AvgIpc) is 2.68. The lowest BCUT2D eigenvalue weighted by molar-refractivity contribution is -0.131. The van der Waals surface area contributed by atoms with Crippen molar-refractivity contribution < 1.29 is 4.79 Å². The van der Waals surface area contributed by atoms with Crippen LogP contribution in [0.15, 0.2) is 48.0 Å². The predicted octanol–water partition coefficient (Wildman–Crippen LogP) is 3.77. The van der Waals surface area contributed by atoms with Crippen molar-refractivity contribution in [2.24, 2.45) is 0 Å². The molecule has 2 aromatic rings. The molecule has 1 aromatic carbocycles. The van der Waals surface area contributed by atoms with Gasteiger partial charge in [0.1, 0.15) is 0 Å². The maximum absolute atomic E-state index is 12.0. The number of pyridine rings is 1. The van der Waals surface area contributed by atoms with Gasteiger partial charge in [-0.1, -0.05) is 30.3 Å². The molecule has 1 unspecified atom stereocenters. The summed E-state index contributed by atoms with van der Waals surface area (Å²) in [7, 11) is 0. The van der Waals surface area contributed by atoms with Crippen LogP contribution in [0.4, 0.5) is 0 Å². The third kappa shape index (κ3) is 3.65. The van der Waals surface area contributed by atoms with E-state index < -0.39 is 0 Å². The summed E-state index contributed by atoms with van der Waals surface area (Å²) < 4.78 is 0. The first-order chi connectivity index (χ1) is 12.7. The number of nitrogens with zero attached hydrogens (tertiary/aromatic N) is 3. The number of rotatable bonds is 3. The minimum atomic E-state index is 0.212. The van der Waals surface area contributed by atoms with Crippen LogP contribution < -0.4 is 0 Å². The lowest BCUT2D eigenvalue weighted by Crippen LogP contribution is -2.46. The van der Waals surface area contributed by atoms with Crippen LogP contribution in [0.3, 0.4) is 0 Å². The summed E-state index contributed by atoms with van der Waals surface area (Å²) in [5.41, 5.74) is 3.61. The van der Waals surface area contributed by atoms with Crippen molar-refractivity contribution in [2.75, 3.05) is 19.6 Å². The Labute approximate surface area is 155 Å². The van der Waals surface area contributed by atoms with Gasteiger partial charge >= 0.3 is 0 Å². The highest BCUT2D eigenvalue weighted by atomic mass is 16.2. The summed E-state index contributed by atoms with van der Waals surface area (Å²) >= 11 is 0. The van der Waals surface area contributed by atoms with Crippen molar-refractivity contribution in [3.8, 4) is 0 Å². The van der Waals surface area contributed by atoms with Crippen LogP contribution in [0.2, 0.25) is 0 Å². The van der Waals surface area contributed by atoms with Crippen LogP contribution in [0.1, 0.15) is 38.3 Å². The predicted molar refractivity (Wildman–Crippen MR) is 105 cm³/mol. The van der Waals surface area contributed by atoms with Gasteiger partial charge < -0.3 is 4.90 Å². The summed E-state index contributed by atoms with van der Waals surface area (Å²) in [5.74, 6) is 0.212. The SMILES string of the molecule is CC(=O)N1CCCCC1C1=CCCN(Cc2ccc3ccccc3n2)C1. The Balaban J connectivity index is 1.47. The molecule has 4 heteroatoms. The molecule has 0 radical (unpaired) electrons. The molecule has 136 valence electrons. The molecule has 4 nitrogen and oxygen atoms in total. The van der Waals surface area contributed by atoms with Gasteiger partial charge in [-0.3, -0.25) is 14.7 Å². The van der Waals surface area contributed by atoms with Crippen molar-refractivity contribution in [1.82, 2.24) is 14.8 Å².